The van der Waals surface area contributed by atoms with Crippen molar-refractivity contribution in [2.24, 2.45) is 0 Å². The predicted octanol–water partition coefficient (Wildman–Crippen LogP) is 13.0. The largest absolute Gasteiger partial charge is 0.245 e. The Balaban J connectivity index is 1.14. The molecule has 0 unspecified atom stereocenters. The molecule has 2 nitrogen and oxygen atoms in total. The number of fused-ring (bicyclic) bond motifs is 6. The molecule has 3 aromatic heterocycles. The molecule has 0 saturated carbocycles. The molecule has 8 aromatic carbocycles. The van der Waals surface area contributed by atoms with E-state index < -0.39 is 0 Å². The lowest BCUT2D eigenvalue weighted by atomic mass is 9.87. The smallest absolute Gasteiger partial charge is 0.0972 e. The van der Waals surface area contributed by atoms with Crippen LogP contribution in [0, 0.1) is 0 Å². The second kappa shape index (κ2) is 10.2. The summed E-state index contributed by atoms with van der Waals surface area (Å²) in [7, 11) is 0. The lowest BCUT2D eigenvalue weighted by Gasteiger charge is -2.17. The first-order valence-electron chi connectivity index (χ1n) is 16.7. The monoisotopic (exact) mass is 638 g/mol. The van der Waals surface area contributed by atoms with E-state index in [-0.39, 0.29) is 0 Å². The zero-order chi connectivity index (χ0) is 32.1. The molecule has 0 radical (unpaired) electrons. The van der Waals surface area contributed by atoms with Crippen molar-refractivity contribution in [1.82, 2.24) is 9.97 Å². The lowest BCUT2D eigenvalue weighted by Crippen LogP contribution is -1.93. The van der Waals surface area contributed by atoms with Crippen LogP contribution in [0.5, 0.6) is 0 Å². The minimum absolute atomic E-state index is 0.928. The minimum Gasteiger partial charge on any atom is -0.245 e. The number of benzene rings is 8. The van der Waals surface area contributed by atoms with Crippen molar-refractivity contribution >= 4 is 85.6 Å². The third kappa shape index (κ3) is 3.94. The second-order valence-corrected chi connectivity index (χ2v) is 13.9. The van der Waals surface area contributed by atoms with Crippen LogP contribution in [0.4, 0.5) is 0 Å². The molecule has 3 heteroatoms. The van der Waals surface area contributed by atoms with E-state index in [9.17, 15) is 0 Å². The average Bonchev–Trinajstić information content (AvgIpc) is 3.56. The van der Waals surface area contributed by atoms with Crippen LogP contribution >= 0.6 is 11.3 Å². The van der Waals surface area contributed by atoms with Crippen LogP contribution in [0.2, 0.25) is 0 Å². The summed E-state index contributed by atoms with van der Waals surface area (Å²) in [6.07, 6.45) is 0. The highest BCUT2D eigenvalue weighted by Crippen LogP contribution is 2.45. The van der Waals surface area contributed by atoms with Gasteiger partial charge in [0.2, 0.25) is 0 Å². The Kier molecular flexibility index (Phi) is 5.57. The van der Waals surface area contributed by atoms with E-state index in [0.717, 1.165) is 44.3 Å². The zero-order valence-electron chi connectivity index (χ0n) is 26.3. The fourth-order valence-electron chi connectivity index (χ4n) is 7.91. The van der Waals surface area contributed by atoms with Gasteiger partial charge in [0.1, 0.15) is 0 Å². The number of pyridine rings is 2. The van der Waals surface area contributed by atoms with Crippen LogP contribution in [0.3, 0.4) is 0 Å². The Labute approximate surface area is 285 Å². The van der Waals surface area contributed by atoms with Gasteiger partial charge < -0.3 is 0 Å². The molecule has 0 aliphatic carbocycles. The fraction of sp³-hybridized carbons (Fsp3) is 0. The highest BCUT2D eigenvalue weighted by Gasteiger charge is 2.18. The molecule has 0 aliphatic rings. The van der Waals surface area contributed by atoms with E-state index in [4.69, 9.17) is 9.97 Å². The Morgan fingerprint density at radius 2 is 0.918 bits per heavy atom. The van der Waals surface area contributed by atoms with Gasteiger partial charge in [-0.3, -0.25) is 0 Å². The Hall–Kier alpha value is -6.16. The van der Waals surface area contributed by atoms with E-state index in [2.05, 4.69) is 152 Å². The Morgan fingerprint density at radius 1 is 0.347 bits per heavy atom. The number of thiophene rings is 1. The summed E-state index contributed by atoms with van der Waals surface area (Å²) >= 11 is 1.89. The van der Waals surface area contributed by atoms with E-state index >= 15 is 0 Å². The third-order valence-corrected chi connectivity index (χ3v) is 11.4. The summed E-state index contributed by atoms with van der Waals surface area (Å²) < 4.78 is 2.67. The highest BCUT2D eigenvalue weighted by molar-refractivity contribution is 7.26. The summed E-state index contributed by atoms with van der Waals surface area (Å²) in [5.41, 5.74) is 8.58. The fourth-order valence-corrected chi connectivity index (χ4v) is 9.14. The van der Waals surface area contributed by atoms with Crippen molar-refractivity contribution < 1.29 is 0 Å². The molecule has 0 bridgehead atoms. The lowest BCUT2D eigenvalue weighted by molar-refractivity contribution is 1.37. The van der Waals surface area contributed by atoms with E-state index in [0.29, 0.717) is 0 Å². The van der Waals surface area contributed by atoms with Crippen molar-refractivity contribution in [1.29, 1.82) is 0 Å². The molecule has 226 valence electrons. The topological polar surface area (TPSA) is 25.8 Å². The van der Waals surface area contributed by atoms with E-state index in [1.807, 2.05) is 17.4 Å². The summed E-state index contributed by atoms with van der Waals surface area (Å²) in [4.78, 5) is 10.5. The standard InChI is InChI=1S/C46H26N2S/c1-2-7-27(8-3-1)39-25-19-30-13-14-31-20-26-40(48-45(31)44(30)47-39)33-22-16-29-17-23-35-32(21-15-28-18-24-36(33)43(29)42(28)35)37-10-6-11-38-34-9-4-5-12-41(34)49-46(37)38/h1-26H. The molecule has 11 aromatic rings. The predicted molar refractivity (Wildman–Crippen MR) is 210 cm³/mol. The van der Waals surface area contributed by atoms with Gasteiger partial charge >= 0.3 is 0 Å². The number of hydrogen-bond donors (Lipinski definition) is 0. The highest BCUT2D eigenvalue weighted by atomic mass is 32.1. The van der Waals surface area contributed by atoms with Crippen molar-refractivity contribution in [2.45, 2.75) is 0 Å². The van der Waals surface area contributed by atoms with Gasteiger partial charge in [-0.1, -0.05) is 140 Å². The maximum absolute atomic E-state index is 5.35. The number of aromatic nitrogens is 2. The molecule has 0 N–H and O–H groups in total. The molecule has 0 saturated heterocycles. The van der Waals surface area contributed by atoms with Crippen molar-refractivity contribution in [2.75, 3.05) is 0 Å². The molecular formula is C46H26N2S. The van der Waals surface area contributed by atoms with Crippen LogP contribution in [0.15, 0.2) is 158 Å². The molecule has 0 amide bonds. The number of nitrogens with zero attached hydrogens (tertiary/aromatic N) is 2. The van der Waals surface area contributed by atoms with Gasteiger partial charge in [0, 0.05) is 47.6 Å². The van der Waals surface area contributed by atoms with Crippen LogP contribution in [0.25, 0.3) is 108 Å². The summed E-state index contributed by atoms with van der Waals surface area (Å²) in [6.45, 7) is 0. The van der Waals surface area contributed by atoms with Gasteiger partial charge in [-0.2, -0.15) is 0 Å². The van der Waals surface area contributed by atoms with Crippen LogP contribution in [-0.2, 0) is 0 Å². The second-order valence-electron chi connectivity index (χ2n) is 12.9. The van der Waals surface area contributed by atoms with Crippen LogP contribution in [-0.4, -0.2) is 9.97 Å². The quantitative estimate of drug-likeness (QED) is 0.180. The maximum atomic E-state index is 5.35. The summed E-state index contributed by atoms with van der Waals surface area (Å²) in [6, 6.07) is 57.1. The van der Waals surface area contributed by atoms with Crippen LogP contribution in [0.1, 0.15) is 0 Å². The van der Waals surface area contributed by atoms with Gasteiger partial charge in [0.05, 0.1) is 22.4 Å². The molecule has 49 heavy (non-hydrogen) atoms. The first-order valence-corrected chi connectivity index (χ1v) is 17.5. The van der Waals surface area contributed by atoms with Gasteiger partial charge in [-0.15, -0.1) is 11.3 Å². The number of hydrogen-bond acceptors (Lipinski definition) is 3. The van der Waals surface area contributed by atoms with Crippen LogP contribution < -0.4 is 0 Å². The van der Waals surface area contributed by atoms with Crippen molar-refractivity contribution in [3.05, 3.63) is 158 Å². The molecule has 11 rings (SSSR count). The minimum atomic E-state index is 0.928. The molecular weight excluding hydrogens is 613 g/mol. The summed E-state index contributed by atoms with van der Waals surface area (Å²) in [5.74, 6) is 0. The summed E-state index contributed by atoms with van der Waals surface area (Å²) in [5, 5.41) is 12.4. The first kappa shape index (κ1) is 26.9. The Morgan fingerprint density at radius 3 is 1.69 bits per heavy atom. The third-order valence-electron chi connectivity index (χ3n) is 10.2. The van der Waals surface area contributed by atoms with Gasteiger partial charge in [0.15, 0.2) is 0 Å². The van der Waals surface area contributed by atoms with Crippen molar-refractivity contribution in [3.8, 4) is 33.6 Å². The average molecular weight is 639 g/mol. The molecule has 0 aliphatic heterocycles. The molecule has 0 spiro atoms. The molecule has 0 atom stereocenters. The van der Waals surface area contributed by atoms with E-state index in [1.165, 1.54) is 63.6 Å². The normalized spacial score (nSPS) is 12.1. The van der Waals surface area contributed by atoms with Gasteiger partial charge in [-0.05, 0) is 56.1 Å². The van der Waals surface area contributed by atoms with Gasteiger partial charge in [0.25, 0.3) is 0 Å². The number of rotatable bonds is 3. The van der Waals surface area contributed by atoms with Gasteiger partial charge in [-0.25, -0.2) is 9.97 Å². The first-order chi connectivity index (χ1) is 24.3. The molecule has 3 heterocycles. The Bertz CT molecular complexity index is 3100. The molecule has 0 fully saturated rings. The van der Waals surface area contributed by atoms with Crippen molar-refractivity contribution in [3.63, 3.8) is 0 Å². The van der Waals surface area contributed by atoms with E-state index in [1.54, 1.807) is 0 Å². The zero-order valence-corrected chi connectivity index (χ0v) is 27.1. The maximum Gasteiger partial charge on any atom is 0.0972 e. The SMILES string of the molecule is c1ccc(-c2ccc3ccc4ccc(-c5ccc6ccc7c(-c8cccc9c8sc8ccccc89)ccc8ccc5c6c87)nc4c3n2)cc1.